The normalized spacial score (nSPS) is 14.9. The van der Waals surface area contributed by atoms with Crippen LogP contribution >= 0.6 is 0 Å². The number of nitrogens with one attached hydrogen (secondary N) is 1. The zero-order valence-corrected chi connectivity index (χ0v) is 15.6. The maximum Gasteiger partial charge on any atom is 0.257 e. The van der Waals surface area contributed by atoms with Crippen molar-refractivity contribution < 1.29 is 18.7 Å². The number of hydrogen-bond donors (Lipinski definition) is 1. The minimum Gasteiger partial charge on any atom is -0.472 e. The van der Waals surface area contributed by atoms with Gasteiger partial charge in [0.25, 0.3) is 5.91 Å². The van der Waals surface area contributed by atoms with E-state index < -0.39 is 0 Å². The molecule has 0 unspecified atom stereocenters. The van der Waals surface area contributed by atoms with Crippen LogP contribution in [0.1, 0.15) is 41.3 Å². The lowest BCUT2D eigenvalue weighted by atomic mass is 9.95. The Bertz CT molecular complexity index is 732. The highest BCUT2D eigenvalue weighted by molar-refractivity contribution is 5.94. The molecule has 1 aliphatic heterocycles. The SMILES string of the molecule is CCOCc1ccc(CNC(=O)C2CCN(C(=O)c3ccoc3)CC2)cc1. The lowest BCUT2D eigenvalue weighted by Crippen LogP contribution is -2.42. The third-order valence-corrected chi connectivity index (χ3v) is 4.88. The Hall–Kier alpha value is -2.60. The van der Waals surface area contributed by atoms with Gasteiger partial charge in [-0.2, -0.15) is 0 Å². The van der Waals surface area contributed by atoms with Gasteiger partial charge in [0.2, 0.25) is 5.91 Å². The molecule has 0 aliphatic carbocycles. The largest absolute Gasteiger partial charge is 0.472 e. The van der Waals surface area contributed by atoms with Crippen LogP contribution in [-0.2, 0) is 22.7 Å². The Morgan fingerprint density at radius 1 is 1.15 bits per heavy atom. The Kier molecular flexibility index (Phi) is 6.65. The molecule has 1 aliphatic rings. The van der Waals surface area contributed by atoms with Gasteiger partial charge in [0, 0.05) is 32.2 Å². The summed E-state index contributed by atoms with van der Waals surface area (Å²) >= 11 is 0. The maximum absolute atomic E-state index is 12.4. The fourth-order valence-electron chi connectivity index (χ4n) is 3.22. The number of carbonyl (C=O) groups is 2. The molecule has 1 aromatic carbocycles. The Morgan fingerprint density at radius 2 is 1.85 bits per heavy atom. The third-order valence-electron chi connectivity index (χ3n) is 4.88. The van der Waals surface area contributed by atoms with Crippen LogP contribution in [0.5, 0.6) is 0 Å². The van der Waals surface area contributed by atoms with Crippen molar-refractivity contribution >= 4 is 11.8 Å². The highest BCUT2D eigenvalue weighted by Gasteiger charge is 2.27. The molecule has 0 atom stereocenters. The molecule has 0 saturated carbocycles. The van der Waals surface area contributed by atoms with Crippen molar-refractivity contribution in [3.05, 3.63) is 59.5 Å². The highest BCUT2D eigenvalue weighted by Crippen LogP contribution is 2.19. The molecule has 2 heterocycles. The van der Waals surface area contributed by atoms with E-state index >= 15 is 0 Å². The first-order chi connectivity index (χ1) is 13.2. The van der Waals surface area contributed by atoms with Crippen LogP contribution in [0.4, 0.5) is 0 Å². The van der Waals surface area contributed by atoms with Crippen molar-refractivity contribution in [2.75, 3.05) is 19.7 Å². The molecular formula is C21H26N2O4. The average molecular weight is 370 g/mol. The molecule has 6 nitrogen and oxygen atoms in total. The van der Waals surface area contributed by atoms with E-state index in [4.69, 9.17) is 9.15 Å². The lowest BCUT2D eigenvalue weighted by Gasteiger charge is -2.31. The van der Waals surface area contributed by atoms with Gasteiger partial charge in [-0.3, -0.25) is 9.59 Å². The van der Waals surface area contributed by atoms with Crippen LogP contribution in [0.3, 0.4) is 0 Å². The van der Waals surface area contributed by atoms with Gasteiger partial charge in [0.15, 0.2) is 0 Å². The second-order valence-electron chi connectivity index (χ2n) is 6.75. The van der Waals surface area contributed by atoms with Gasteiger partial charge in [0.05, 0.1) is 18.4 Å². The summed E-state index contributed by atoms with van der Waals surface area (Å²) in [7, 11) is 0. The summed E-state index contributed by atoms with van der Waals surface area (Å²) in [5.74, 6) is -0.0193. The minimum atomic E-state index is -0.0457. The fraction of sp³-hybridized carbons (Fsp3) is 0.429. The van der Waals surface area contributed by atoms with Crippen LogP contribution in [-0.4, -0.2) is 36.4 Å². The quantitative estimate of drug-likeness (QED) is 0.813. The van der Waals surface area contributed by atoms with E-state index in [1.54, 1.807) is 11.0 Å². The van der Waals surface area contributed by atoms with Crippen molar-refractivity contribution in [2.45, 2.75) is 32.9 Å². The lowest BCUT2D eigenvalue weighted by molar-refractivity contribution is -0.126. The number of benzene rings is 1. The summed E-state index contributed by atoms with van der Waals surface area (Å²) < 4.78 is 10.4. The Balaban J connectivity index is 1.42. The number of piperidine rings is 1. The van der Waals surface area contributed by atoms with E-state index in [-0.39, 0.29) is 17.7 Å². The topological polar surface area (TPSA) is 71.8 Å². The van der Waals surface area contributed by atoms with E-state index in [9.17, 15) is 9.59 Å². The first-order valence-corrected chi connectivity index (χ1v) is 9.42. The predicted molar refractivity (Wildman–Crippen MR) is 101 cm³/mol. The van der Waals surface area contributed by atoms with E-state index in [0.29, 0.717) is 51.3 Å². The van der Waals surface area contributed by atoms with Gasteiger partial charge in [-0.05, 0) is 37.0 Å². The molecule has 1 N–H and O–H groups in total. The van der Waals surface area contributed by atoms with Gasteiger partial charge >= 0.3 is 0 Å². The smallest absolute Gasteiger partial charge is 0.257 e. The summed E-state index contributed by atoms with van der Waals surface area (Å²) in [6.07, 6.45) is 4.32. The molecule has 0 spiro atoms. The summed E-state index contributed by atoms with van der Waals surface area (Å²) in [4.78, 5) is 26.5. The van der Waals surface area contributed by atoms with E-state index in [2.05, 4.69) is 5.32 Å². The van der Waals surface area contributed by atoms with E-state index in [0.717, 1.165) is 11.1 Å². The second-order valence-corrected chi connectivity index (χ2v) is 6.75. The molecule has 0 bridgehead atoms. The molecule has 3 rings (SSSR count). The predicted octanol–water partition coefficient (Wildman–Crippen LogP) is 2.98. The molecule has 2 amide bonds. The van der Waals surface area contributed by atoms with Crippen LogP contribution in [0.25, 0.3) is 0 Å². The van der Waals surface area contributed by atoms with Gasteiger partial charge < -0.3 is 19.4 Å². The average Bonchev–Trinajstić information content (AvgIpc) is 3.25. The van der Waals surface area contributed by atoms with E-state index in [1.807, 2.05) is 31.2 Å². The minimum absolute atomic E-state index is 0.0326. The molecule has 6 heteroatoms. The standard InChI is InChI=1S/C21H26N2O4/c1-2-26-14-17-5-3-16(4-6-17)13-22-20(24)18-7-10-23(11-8-18)21(25)19-9-12-27-15-19/h3-6,9,12,15,18H,2,7-8,10-11,13-14H2,1H3,(H,22,24). The molecular weight excluding hydrogens is 344 g/mol. The summed E-state index contributed by atoms with van der Waals surface area (Å²) in [5.41, 5.74) is 2.75. The number of furan rings is 1. The summed E-state index contributed by atoms with van der Waals surface area (Å²) in [6, 6.07) is 9.75. The monoisotopic (exact) mass is 370 g/mol. The molecule has 1 saturated heterocycles. The zero-order valence-electron chi connectivity index (χ0n) is 15.6. The van der Waals surface area contributed by atoms with Crippen LogP contribution in [0, 0.1) is 5.92 Å². The first-order valence-electron chi connectivity index (χ1n) is 9.42. The second kappa shape index (κ2) is 9.37. The number of carbonyl (C=O) groups excluding carboxylic acids is 2. The Labute approximate surface area is 159 Å². The summed E-state index contributed by atoms with van der Waals surface area (Å²) in [5, 5.41) is 3.01. The van der Waals surface area contributed by atoms with Crippen molar-refractivity contribution in [1.82, 2.24) is 10.2 Å². The van der Waals surface area contributed by atoms with Crippen molar-refractivity contribution in [3.63, 3.8) is 0 Å². The molecule has 1 fully saturated rings. The van der Waals surface area contributed by atoms with Gasteiger partial charge in [0.1, 0.15) is 6.26 Å². The number of likely N-dealkylation sites (tertiary alicyclic amines) is 1. The number of hydrogen-bond acceptors (Lipinski definition) is 4. The molecule has 2 aromatic rings. The zero-order chi connectivity index (χ0) is 19.1. The van der Waals surface area contributed by atoms with Gasteiger partial charge in [-0.15, -0.1) is 0 Å². The van der Waals surface area contributed by atoms with Crippen molar-refractivity contribution in [2.24, 2.45) is 5.92 Å². The van der Waals surface area contributed by atoms with Crippen LogP contribution in [0.15, 0.2) is 47.3 Å². The third kappa shape index (κ3) is 5.20. The fourth-order valence-corrected chi connectivity index (χ4v) is 3.22. The van der Waals surface area contributed by atoms with Crippen molar-refractivity contribution in [1.29, 1.82) is 0 Å². The number of amides is 2. The number of rotatable bonds is 7. The Morgan fingerprint density at radius 3 is 2.48 bits per heavy atom. The van der Waals surface area contributed by atoms with Crippen LogP contribution in [0.2, 0.25) is 0 Å². The first kappa shape index (κ1) is 19.2. The number of nitrogens with zero attached hydrogens (tertiary/aromatic N) is 1. The molecule has 144 valence electrons. The van der Waals surface area contributed by atoms with Gasteiger partial charge in [-0.1, -0.05) is 24.3 Å². The summed E-state index contributed by atoms with van der Waals surface area (Å²) in [6.45, 7) is 4.98. The van der Waals surface area contributed by atoms with Crippen LogP contribution < -0.4 is 5.32 Å². The van der Waals surface area contributed by atoms with Crippen molar-refractivity contribution in [3.8, 4) is 0 Å². The number of ether oxygens (including phenoxy) is 1. The highest BCUT2D eigenvalue weighted by atomic mass is 16.5. The van der Waals surface area contributed by atoms with E-state index in [1.165, 1.54) is 12.5 Å². The molecule has 27 heavy (non-hydrogen) atoms. The maximum atomic E-state index is 12.4. The van der Waals surface area contributed by atoms with Gasteiger partial charge in [-0.25, -0.2) is 0 Å². The molecule has 1 aromatic heterocycles. The molecule has 0 radical (unpaired) electrons.